The summed E-state index contributed by atoms with van der Waals surface area (Å²) >= 11 is 4.90. The van der Waals surface area contributed by atoms with Gasteiger partial charge in [-0.25, -0.2) is 4.39 Å². The average molecular weight is 253 g/mol. The van der Waals surface area contributed by atoms with Gasteiger partial charge in [0.1, 0.15) is 5.82 Å². The van der Waals surface area contributed by atoms with Gasteiger partial charge in [-0.3, -0.25) is 9.78 Å². The Balaban J connectivity index is 2.07. The Morgan fingerprint density at radius 3 is 2.82 bits per heavy atom. The van der Waals surface area contributed by atoms with Crippen LogP contribution < -0.4 is 11.1 Å². The number of nitrogens with zero attached hydrogens (tertiary/aromatic N) is 1. The fraction of sp³-hybridized carbons (Fsp3) is 0.364. The van der Waals surface area contributed by atoms with E-state index >= 15 is 0 Å². The third-order valence-corrected chi connectivity index (χ3v) is 2.91. The molecule has 0 saturated heterocycles. The molecule has 1 atom stereocenters. The zero-order chi connectivity index (χ0) is 12.4. The van der Waals surface area contributed by atoms with E-state index in [0.717, 1.165) is 25.1 Å². The molecule has 1 aromatic rings. The van der Waals surface area contributed by atoms with Crippen molar-refractivity contribution in [2.24, 2.45) is 11.7 Å². The highest BCUT2D eigenvalue weighted by Gasteiger charge is 2.34. The summed E-state index contributed by atoms with van der Waals surface area (Å²) in [7, 11) is 0. The Morgan fingerprint density at radius 1 is 1.59 bits per heavy atom. The quantitative estimate of drug-likeness (QED) is 0.786. The highest BCUT2D eigenvalue weighted by Crippen LogP contribution is 2.32. The molecule has 3 N–H and O–H groups in total. The first-order chi connectivity index (χ1) is 8.08. The molecule has 1 saturated carbocycles. The lowest BCUT2D eigenvalue weighted by Crippen LogP contribution is -2.45. The zero-order valence-electron chi connectivity index (χ0n) is 9.02. The summed E-state index contributed by atoms with van der Waals surface area (Å²) in [5.41, 5.74) is 5.73. The van der Waals surface area contributed by atoms with Crippen LogP contribution in [0.25, 0.3) is 0 Å². The van der Waals surface area contributed by atoms with Crippen LogP contribution in [0.5, 0.6) is 0 Å². The highest BCUT2D eigenvalue weighted by molar-refractivity contribution is 7.80. The van der Waals surface area contributed by atoms with E-state index in [2.05, 4.69) is 10.3 Å². The number of amides is 1. The van der Waals surface area contributed by atoms with Gasteiger partial charge in [0.05, 0.1) is 22.8 Å². The number of nitrogens with one attached hydrogen (secondary N) is 1. The molecule has 1 aromatic heterocycles. The van der Waals surface area contributed by atoms with Gasteiger partial charge in [0.15, 0.2) is 0 Å². The van der Waals surface area contributed by atoms with Crippen molar-refractivity contribution in [3.05, 3.63) is 29.8 Å². The molecule has 0 bridgehead atoms. The van der Waals surface area contributed by atoms with E-state index in [0.29, 0.717) is 5.92 Å². The molecule has 6 heteroatoms. The summed E-state index contributed by atoms with van der Waals surface area (Å²) in [6.07, 6.45) is 4.36. The van der Waals surface area contributed by atoms with E-state index < -0.39 is 11.7 Å². The van der Waals surface area contributed by atoms with Gasteiger partial charge in [0.2, 0.25) is 0 Å². The van der Waals surface area contributed by atoms with Crippen molar-refractivity contribution in [1.82, 2.24) is 10.3 Å². The molecule has 1 fully saturated rings. The maximum atomic E-state index is 12.9. The molecule has 4 nitrogen and oxygen atoms in total. The van der Waals surface area contributed by atoms with Crippen LogP contribution in [0.3, 0.4) is 0 Å². The number of hydrogen-bond acceptors (Lipinski definition) is 3. The molecule has 0 radical (unpaired) electrons. The van der Waals surface area contributed by atoms with Crippen molar-refractivity contribution in [3.8, 4) is 0 Å². The minimum atomic E-state index is -0.545. The standard InChI is InChI=1S/C11H12FN3OS/c12-8-3-7(4-14-5-8)11(16)15-9(10(13)17)6-1-2-6/h3-6,9H,1-2H2,(H2,13,17)(H,15,16). The zero-order valence-corrected chi connectivity index (χ0v) is 9.84. The third-order valence-electron chi connectivity index (χ3n) is 2.65. The largest absolute Gasteiger partial charge is 0.392 e. The Labute approximate surface area is 103 Å². The first-order valence-corrected chi connectivity index (χ1v) is 5.69. The molecule has 1 aliphatic rings. The number of carbonyl (C=O) groups is 1. The second-order valence-corrected chi connectivity index (χ2v) is 4.55. The second kappa shape index (κ2) is 4.75. The fourth-order valence-corrected chi connectivity index (χ4v) is 1.86. The number of carbonyl (C=O) groups excluding carboxylic acids is 1. The molecule has 0 aliphatic heterocycles. The number of thiocarbonyl (C=S) groups is 1. The average Bonchev–Trinajstić information content (AvgIpc) is 3.09. The van der Waals surface area contributed by atoms with Gasteiger partial charge in [-0.05, 0) is 24.8 Å². The molecule has 1 aliphatic carbocycles. The molecule has 1 amide bonds. The van der Waals surface area contributed by atoms with E-state index in [4.69, 9.17) is 18.0 Å². The van der Waals surface area contributed by atoms with Crippen LogP contribution in [-0.2, 0) is 0 Å². The molecule has 0 aromatic carbocycles. The van der Waals surface area contributed by atoms with Gasteiger partial charge in [-0.2, -0.15) is 0 Å². The van der Waals surface area contributed by atoms with Gasteiger partial charge in [0, 0.05) is 6.20 Å². The minimum Gasteiger partial charge on any atom is -0.392 e. The molecular formula is C11H12FN3OS. The van der Waals surface area contributed by atoms with Gasteiger partial charge in [0.25, 0.3) is 5.91 Å². The van der Waals surface area contributed by atoms with E-state index in [1.54, 1.807) is 0 Å². The summed E-state index contributed by atoms with van der Waals surface area (Å²) in [5.74, 6) is -0.629. The lowest BCUT2D eigenvalue weighted by molar-refractivity contribution is 0.0943. The Kier molecular flexibility index (Phi) is 3.33. The summed E-state index contributed by atoms with van der Waals surface area (Å²) < 4.78 is 12.9. The first kappa shape index (κ1) is 11.9. The summed E-state index contributed by atoms with van der Waals surface area (Å²) in [6.45, 7) is 0. The van der Waals surface area contributed by atoms with Crippen molar-refractivity contribution in [1.29, 1.82) is 0 Å². The van der Waals surface area contributed by atoms with Gasteiger partial charge in [-0.15, -0.1) is 0 Å². The fourth-order valence-electron chi connectivity index (χ4n) is 1.61. The van der Waals surface area contributed by atoms with Crippen LogP contribution in [0.1, 0.15) is 23.2 Å². The molecule has 90 valence electrons. The maximum Gasteiger partial charge on any atom is 0.253 e. The van der Waals surface area contributed by atoms with Gasteiger partial charge < -0.3 is 11.1 Å². The maximum absolute atomic E-state index is 12.9. The molecular weight excluding hydrogens is 241 g/mol. The van der Waals surface area contributed by atoms with Crippen LogP contribution in [0.4, 0.5) is 4.39 Å². The normalized spacial score (nSPS) is 16.3. The number of pyridine rings is 1. The SMILES string of the molecule is NC(=S)C(NC(=O)c1cncc(F)c1)C1CC1. The predicted octanol–water partition coefficient (Wildman–Crippen LogP) is 1.02. The van der Waals surface area contributed by atoms with Crippen molar-refractivity contribution in [2.75, 3.05) is 0 Å². The lowest BCUT2D eigenvalue weighted by atomic mass is 10.1. The Bertz CT molecular complexity index is 462. The molecule has 1 heterocycles. The van der Waals surface area contributed by atoms with Crippen molar-refractivity contribution < 1.29 is 9.18 Å². The second-order valence-electron chi connectivity index (χ2n) is 4.08. The van der Waals surface area contributed by atoms with Crippen molar-refractivity contribution in [2.45, 2.75) is 18.9 Å². The Hall–Kier alpha value is -1.56. The monoisotopic (exact) mass is 253 g/mol. The molecule has 1 unspecified atom stereocenters. The van der Waals surface area contributed by atoms with Crippen LogP contribution in [0, 0.1) is 11.7 Å². The summed E-state index contributed by atoms with van der Waals surface area (Å²) in [6, 6.07) is 0.826. The van der Waals surface area contributed by atoms with E-state index in [-0.39, 0.29) is 16.6 Å². The number of rotatable bonds is 4. The smallest absolute Gasteiger partial charge is 0.253 e. The lowest BCUT2D eigenvalue weighted by Gasteiger charge is -2.16. The minimum absolute atomic E-state index is 0.173. The summed E-state index contributed by atoms with van der Waals surface area (Å²) in [4.78, 5) is 15.7. The van der Waals surface area contributed by atoms with E-state index in [1.165, 1.54) is 6.20 Å². The number of aromatic nitrogens is 1. The molecule has 2 rings (SSSR count). The van der Waals surface area contributed by atoms with E-state index in [1.807, 2.05) is 0 Å². The van der Waals surface area contributed by atoms with E-state index in [9.17, 15) is 9.18 Å². The van der Waals surface area contributed by atoms with Gasteiger partial charge in [-0.1, -0.05) is 12.2 Å². The predicted molar refractivity (Wildman–Crippen MR) is 65.0 cm³/mol. The number of hydrogen-bond donors (Lipinski definition) is 2. The van der Waals surface area contributed by atoms with Crippen LogP contribution >= 0.6 is 12.2 Å². The summed E-state index contributed by atoms with van der Waals surface area (Å²) in [5, 5.41) is 2.71. The first-order valence-electron chi connectivity index (χ1n) is 5.28. The molecule has 0 spiro atoms. The van der Waals surface area contributed by atoms with Crippen LogP contribution in [0.2, 0.25) is 0 Å². The van der Waals surface area contributed by atoms with Crippen LogP contribution in [0.15, 0.2) is 18.5 Å². The number of nitrogens with two attached hydrogens (primary N) is 1. The van der Waals surface area contributed by atoms with Crippen molar-refractivity contribution >= 4 is 23.1 Å². The third kappa shape index (κ3) is 2.97. The Morgan fingerprint density at radius 2 is 2.29 bits per heavy atom. The molecule has 17 heavy (non-hydrogen) atoms. The topological polar surface area (TPSA) is 68.0 Å². The van der Waals surface area contributed by atoms with Crippen molar-refractivity contribution in [3.63, 3.8) is 0 Å². The number of halogens is 1. The highest BCUT2D eigenvalue weighted by atomic mass is 32.1. The van der Waals surface area contributed by atoms with Crippen LogP contribution in [-0.4, -0.2) is 21.9 Å². The van der Waals surface area contributed by atoms with Gasteiger partial charge >= 0.3 is 0 Å².